The van der Waals surface area contributed by atoms with Gasteiger partial charge in [0.2, 0.25) is 0 Å². The first-order chi connectivity index (χ1) is 7.58. The van der Waals surface area contributed by atoms with Crippen LogP contribution in [0.1, 0.15) is 23.7 Å². The third kappa shape index (κ3) is 3.18. The quantitative estimate of drug-likeness (QED) is 0.852. The molecule has 16 heavy (non-hydrogen) atoms. The summed E-state index contributed by atoms with van der Waals surface area (Å²) in [5.74, 6) is -0.901. The average Bonchev–Trinajstić information content (AvgIpc) is 2.25. The van der Waals surface area contributed by atoms with Crippen molar-refractivity contribution in [2.75, 3.05) is 6.61 Å². The van der Waals surface area contributed by atoms with E-state index in [1.54, 1.807) is 0 Å². The van der Waals surface area contributed by atoms with Gasteiger partial charge < -0.3 is 10.4 Å². The Kier molecular flexibility index (Phi) is 4.71. The van der Waals surface area contributed by atoms with Crippen LogP contribution in [-0.2, 0) is 0 Å². The Morgan fingerprint density at radius 1 is 1.62 bits per heavy atom. The van der Waals surface area contributed by atoms with Crippen LogP contribution in [0.15, 0.2) is 18.2 Å². The molecule has 0 aromatic heterocycles. The van der Waals surface area contributed by atoms with Crippen LogP contribution in [0.4, 0.5) is 4.39 Å². The number of halogens is 2. The van der Waals surface area contributed by atoms with Crippen molar-refractivity contribution in [3.05, 3.63) is 34.6 Å². The molecule has 0 radical (unpaired) electrons. The maximum atomic E-state index is 12.7. The normalized spacial score (nSPS) is 12.2. The highest BCUT2D eigenvalue weighted by Gasteiger charge is 2.14. The minimum Gasteiger partial charge on any atom is -0.394 e. The van der Waals surface area contributed by atoms with Gasteiger partial charge in [-0.3, -0.25) is 4.79 Å². The molecule has 2 N–H and O–H groups in total. The monoisotopic (exact) mass is 245 g/mol. The van der Waals surface area contributed by atoms with Crippen molar-refractivity contribution in [1.82, 2.24) is 5.32 Å². The fraction of sp³-hybridized carbons (Fsp3) is 0.364. The predicted octanol–water partition coefficient (Wildman–Crippen LogP) is 1.98. The molecule has 0 heterocycles. The first kappa shape index (κ1) is 12.9. The Hall–Kier alpha value is -1.13. The Labute approximate surface area is 98.2 Å². The standard InChI is InChI=1S/C11H13ClFNO2/c1-2-8(6-15)14-11(16)9-4-3-7(13)5-10(9)12/h3-5,8,15H,2,6H2,1H3,(H,14,16)/t8-/m1/s1. The number of aliphatic hydroxyl groups is 1. The second kappa shape index (κ2) is 5.82. The van der Waals surface area contributed by atoms with Crippen LogP contribution >= 0.6 is 11.6 Å². The SMILES string of the molecule is CC[C@H](CO)NC(=O)c1ccc(F)cc1Cl. The van der Waals surface area contributed by atoms with Gasteiger partial charge in [-0.2, -0.15) is 0 Å². The molecule has 0 spiro atoms. The minimum atomic E-state index is -0.490. The molecule has 0 aliphatic heterocycles. The summed E-state index contributed by atoms with van der Waals surface area (Å²) in [7, 11) is 0. The molecule has 0 saturated heterocycles. The fourth-order valence-electron chi connectivity index (χ4n) is 1.21. The Balaban J connectivity index is 2.80. The van der Waals surface area contributed by atoms with Crippen LogP contribution in [0.5, 0.6) is 0 Å². The van der Waals surface area contributed by atoms with Gasteiger partial charge in [0, 0.05) is 0 Å². The highest BCUT2D eigenvalue weighted by atomic mass is 35.5. The molecule has 3 nitrogen and oxygen atoms in total. The molecule has 0 bridgehead atoms. The first-order valence-corrected chi connectivity index (χ1v) is 5.33. The minimum absolute atomic E-state index is 0.0605. The second-order valence-electron chi connectivity index (χ2n) is 3.39. The number of amides is 1. The third-order valence-corrected chi connectivity index (χ3v) is 2.54. The van der Waals surface area contributed by atoms with Crippen molar-refractivity contribution in [3.8, 4) is 0 Å². The van der Waals surface area contributed by atoms with Gasteiger partial charge in [0.15, 0.2) is 0 Å². The van der Waals surface area contributed by atoms with Crippen LogP contribution in [0.3, 0.4) is 0 Å². The number of carbonyl (C=O) groups is 1. The summed E-state index contributed by atoms with van der Waals surface area (Å²) in [5.41, 5.74) is 0.204. The molecule has 1 aromatic rings. The van der Waals surface area contributed by atoms with Gasteiger partial charge in [0.1, 0.15) is 5.82 Å². The van der Waals surface area contributed by atoms with Crippen LogP contribution in [0, 0.1) is 5.82 Å². The van der Waals surface area contributed by atoms with Gasteiger partial charge in [0.05, 0.1) is 23.2 Å². The molecule has 0 fully saturated rings. The number of aliphatic hydroxyl groups excluding tert-OH is 1. The molecule has 0 saturated carbocycles. The first-order valence-electron chi connectivity index (χ1n) is 4.95. The highest BCUT2D eigenvalue weighted by molar-refractivity contribution is 6.33. The lowest BCUT2D eigenvalue weighted by atomic mass is 10.1. The van der Waals surface area contributed by atoms with E-state index in [-0.39, 0.29) is 23.2 Å². The Morgan fingerprint density at radius 3 is 2.81 bits per heavy atom. The summed E-state index contributed by atoms with van der Waals surface area (Å²) < 4.78 is 12.7. The van der Waals surface area contributed by atoms with Crippen LogP contribution in [-0.4, -0.2) is 23.7 Å². The van der Waals surface area contributed by atoms with Crippen molar-refractivity contribution >= 4 is 17.5 Å². The molecule has 88 valence electrons. The van der Waals surface area contributed by atoms with E-state index in [1.165, 1.54) is 12.1 Å². The second-order valence-corrected chi connectivity index (χ2v) is 3.79. The Bertz CT molecular complexity index is 380. The van der Waals surface area contributed by atoms with E-state index in [4.69, 9.17) is 16.7 Å². The lowest BCUT2D eigenvalue weighted by molar-refractivity contribution is 0.0915. The molecule has 1 rings (SSSR count). The smallest absolute Gasteiger partial charge is 0.253 e. The third-order valence-electron chi connectivity index (χ3n) is 2.22. The molecule has 1 aromatic carbocycles. The van der Waals surface area contributed by atoms with Crippen molar-refractivity contribution in [3.63, 3.8) is 0 Å². The molecule has 5 heteroatoms. The van der Waals surface area contributed by atoms with Crippen molar-refractivity contribution in [2.45, 2.75) is 19.4 Å². The summed E-state index contributed by atoms with van der Waals surface area (Å²) in [6.45, 7) is 1.70. The van der Waals surface area contributed by atoms with E-state index in [9.17, 15) is 9.18 Å². The summed E-state index contributed by atoms with van der Waals surface area (Å²) in [6.07, 6.45) is 0.612. The topological polar surface area (TPSA) is 49.3 Å². The molecule has 0 unspecified atom stereocenters. The van der Waals surface area contributed by atoms with E-state index >= 15 is 0 Å². The largest absolute Gasteiger partial charge is 0.394 e. The number of hydrogen-bond donors (Lipinski definition) is 2. The van der Waals surface area contributed by atoms with E-state index in [0.717, 1.165) is 6.07 Å². The summed E-state index contributed by atoms with van der Waals surface area (Å²) >= 11 is 5.73. The molecule has 0 aliphatic carbocycles. The van der Waals surface area contributed by atoms with Crippen LogP contribution < -0.4 is 5.32 Å². The lowest BCUT2D eigenvalue weighted by Gasteiger charge is -2.14. The van der Waals surface area contributed by atoms with Gasteiger partial charge in [0.25, 0.3) is 5.91 Å². The van der Waals surface area contributed by atoms with Gasteiger partial charge >= 0.3 is 0 Å². The number of carbonyl (C=O) groups excluding carboxylic acids is 1. The molecular weight excluding hydrogens is 233 g/mol. The molecule has 0 aliphatic rings. The van der Waals surface area contributed by atoms with Crippen molar-refractivity contribution in [2.24, 2.45) is 0 Å². The van der Waals surface area contributed by atoms with Gasteiger partial charge in [-0.15, -0.1) is 0 Å². The van der Waals surface area contributed by atoms with Crippen LogP contribution in [0.2, 0.25) is 5.02 Å². The van der Waals surface area contributed by atoms with Crippen LogP contribution in [0.25, 0.3) is 0 Å². The maximum absolute atomic E-state index is 12.7. The van der Waals surface area contributed by atoms with Gasteiger partial charge in [-0.1, -0.05) is 18.5 Å². The van der Waals surface area contributed by atoms with Gasteiger partial charge in [-0.25, -0.2) is 4.39 Å². The van der Waals surface area contributed by atoms with Crippen molar-refractivity contribution < 1.29 is 14.3 Å². The summed E-state index contributed by atoms with van der Waals surface area (Å²) in [5, 5.41) is 11.6. The maximum Gasteiger partial charge on any atom is 0.253 e. The fourth-order valence-corrected chi connectivity index (χ4v) is 1.47. The average molecular weight is 246 g/mol. The van der Waals surface area contributed by atoms with E-state index in [2.05, 4.69) is 5.32 Å². The van der Waals surface area contributed by atoms with E-state index < -0.39 is 11.7 Å². The van der Waals surface area contributed by atoms with E-state index in [0.29, 0.717) is 6.42 Å². The van der Waals surface area contributed by atoms with E-state index in [1.807, 2.05) is 6.92 Å². The molecule has 1 amide bonds. The number of rotatable bonds is 4. The zero-order valence-corrected chi connectivity index (χ0v) is 9.59. The predicted molar refractivity (Wildman–Crippen MR) is 60.0 cm³/mol. The molecular formula is C11H13ClFNO2. The number of hydrogen-bond acceptors (Lipinski definition) is 2. The highest BCUT2D eigenvalue weighted by Crippen LogP contribution is 2.17. The Morgan fingerprint density at radius 2 is 2.31 bits per heavy atom. The number of nitrogens with one attached hydrogen (secondary N) is 1. The lowest BCUT2D eigenvalue weighted by Crippen LogP contribution is -2.37. The summed E-state index contributed by atoms with van der Waals surface area (Å²) in [6, 6.07) is 3.25. The zero-order valence-electron chi connectivity index (χ0n) is 8.84. The zero-order chi connectivity index (χ0) is 12.1. The van der Waals surface area contributed by atoms with Crippen molar-refractivity contribution in [1.29, 1.82) is 0 Å². The molecule has 1 atom stereocenters. The number of benzene rings is 1. The summed E-state index contributed by atoms with van der Waals surface area (Å²) in [4.78, 5) is 11.7. The van der Waals surface area contributed by atoms with Gasteiger partial charge in [-0.05, 0) is 24.6 Å².